The lowest BCUT2D eigenvalue weighted by Gasteiger charge is -2.23. The van der Waals surface area contributed by atoms with E-state index in [1.807, 2.05) is 11.7 Å². The monoisotopic (exact) mass is 226 g/mol. The summed E-state index contributed by atoms with van der Waals surface area (Å²) in [5, 5.41) is 3.55. The minimum absolute atomic E-state index is 0.416. The van der Waals surface area contributed by atoms with Gasteiger partial charge < -0.3 is 10.1 Å². The van der Waals surface area contributed by atoms with Gasteiger partial charge in [-0.3, -0.25) is 4.98 Å². The van der Waals surface area contributed by atoms with Crippen LogP contribution in [0.3, 0.4) is 0 Å². The van der Waals surface area contributed by atoms with Crippen LogP contribution >= 0.6 is 11.3 Å². The second-order valence-corrected chi connectivity index (χ2v) is 5.03. The van der Waals surface area contributed by atoms with Crippen LogP contribution in [0.4, 0.5) is 0 Å². The molecule has 2 unspecified atom stereocenters. The summed E-state index contributed by atoms with van der Waals surface area (Å²) < 4.78 is 5.46. The quantitative estimate of drug-likeness (QED) is 0.855. The van der Waals surface area contributed by atoms with Crippen molar-refractivity contribution in [2.45, 2.75) is 25.8 Å². The van der Waals surface area contributed by atoms with Crippen molar-refractivity contribution in [1.82, 2.24) is 10.3 Å². The standard InChI is InChI=1S/C11H18N2OS/c1-9(11-6-12-8-15-11)13-5-10-3-2-4-14-7-10/h6,8-10,13H,2-5,7H2,1H3. The summed E-state index contributed by atoms with van der Waals surface area (Å²) in [4.78, 5) is 5.40. The molecule has 1 aliphatic rings. The van der Waals surface area contributed by atoms with Crippen LogP contribution in [0, 0.1) is 5.92 Å². The molecule has 2 heterocycles. The van der Waals surface area contributed by atoms with E-state index in [0.717, 1.165) is 19.8 Å². The molecule has 0 amide bonds. The average Bonchev–Trinajstić information content (AvgIpc) is 2.81. The molecular formula is C11H18N2OS. The first kappa shape index (κ1) is 11.0. The van der Waals surface area contributed by atoms with Gasteiger partial charge in [-0.25, -0.2) is 0 Å². The Hall–Kier alpha value is -0.450. The molecule has 1 aromatic heterocycles. The largest absolute Gasteiger partial charge is 0.381 e. The van der Waals surface area contributed by atoms with Crippen LogP contribution in [0.25, 0.3) is 0 Å². The molecule has 0 saturated carbocycles. The van der Waals surface area contributed by atoms with Gasteiger partial charge in [0.05, 0.1) is 12.1 Å². The van der Waals surface area contributed by atoms with Crippen molar-refractivity contribution in [2.75, 3.05) is 19.8 Å². The van der Waals surface area contributed by atoms with E-state index >= 15 is 0 Å². The third-order valence-electron chi connectivity index (χ3n) is 2.85. The summed E-state index contributed by atoms with van der Waals surface area (Å²) >= 11 is 1.71. The molecule has 0 spiro atoms. The van der Waals surface area contributed by atoms with Gasteiger partial charge in [0, 0.05) is 30.3 Å². The van der Waals surface area contributed by atoms with E-state index in [4.69, 9.17) is 4.74 Å². The minimum atomic E-state index is 0.416. The van der Waals surface area contributed by atoms with Gasteiger partial charge in [0.15, 0.2) is 0 Å². The number of hydrogen-bond donors (Lipinski definition) is 1. The van der Waals surface area contributed by atoms with E-state index in [-0.39, 0.29) is 0 Å². The Bertz CT molecular complexity index is 270. The van der Waals surface area contributed by atoms with Crippen LogP contribution in [0.1, 0.15) is 30.7 Å². The molecule has 1 N–H and O–H groups in total. The van der Waals surface area contributed by atoms with Crippen molar-refractivity contribution < 1.29 is 4.74 Å². The fourth-order valence-corrected chi connectivity index (χ4v) is 2.50. The average molecular weight is 226 g/mol. The first-order chi connectivity index (χ1) is 7.36. The molecule has 0 radical (unpaired) electrons. The Labute approximate surface area is 94.9 Å². The molecule has 1 fully saturated rings. The first-order valence-electron chi connectivity index (χ1n) is 5.56. The molecule has 1 aromatic rings. The van der Waals surface area contributed by atoms with Crippen LogP contribution in [0.15, 0.2) is 11.7 Å². The zero-order valence-electron chi connectivity index (χ0n) is 9.11. The maximum atomic E-state index is 5.46. The number of nitrogens with one attached hydrogen (secondary N) is 1. The summed E-state index contributed by atoms with van der Waals surface area (Å²) in [6.45, 7) is 5.11. The highest BCUT2D eigenvalue weighted by atomic mass is 32.1. The van der Waals surface area contributed by atoms with Crippen molar-refractivity contribution in [2.24, 2.45) is 5.92 Å². The Morgan fingerprint density at radius 3 is 3.33 bits per heavy atom. The van der Waals surface area contributed by atoms with E-state index in [0.29, 0.717) is 12.0 Å². The smallest absolute Gasteiger partial charge is 0.0794 e. The number of thiazole rings is 1. The van der Waals surface area contributed by atoms with Gasteiger partial charge in [-0.1, -0.05) is 0 Å². The zero-order valence-corrected chi connectivity index (χ0v) is 9.93. The topological polar surface area (TPSA) is 34.1 Å². The normalized spacial score (nSPS) is 23.9. The molecule has 1 saturated heterocycles. The van der Waals surface area contributed by atoms with Crippen LogP contribution in [0.5, 0.6) is 0 Å². The van der Waals surface area contributed by atoms with Gasteiger partial charge in [-0.05, 0) is 25.7 Å². The van der Waals surface area contributed by atoms with Gasteiger partial charge in [0.2, 0.25) is 0 Å². The molecule has 4 heteroatoms. The maximum Gasteiger partial charge on any atom is 0.0794 e. The van der Waals surface area contributed by atoms with Crippen molar-refractivity contribution in [1.29, 1.82) is 0 Å². The van der Waals surface area contributed by atoms with Gasteiger partial charge in [0.1, 0.15) is 0 Å². The summed E-state index contributed by atoms with van der Waals surface area (Å²) in [5.41, 5.74) is 1.89. The van der Waals surface area contributed by atoms with Crippen molar-refractivity contribution in [3.05, 3.63) is 16.6 Å². The van der Waals surface area contributed by atoms with Crippen LogP contribution in [0.2, 0.25) is 0 Å². The van der Waals surface area contributed by atoms with E-state index in [9.17, 15) is 0 Å². The molecule has 3 nitrogen and oxygen atoms in total. The summed E-state index contributed by atoms with van der Waals surface area (Å²) in [7, 11) is 0. The molecule has 0 aromatic carbocycles. The molecule has 1 aliphatic heterocycles. The van der Waals surface area contributed by atoms with E-state index in [2.05, 4.69) is 17.2 Å². The molecule has 84 valence electrons. The van der Waals surface area contributed by atoms with E-state index < -0.39 is 0 Å². The fourth-order valence-electron chi connectivity index (χ4n) is 1.85. The van der Waals surface area contributed by atoms with Gasteiger partial charge >= 0.3 is 0 Å². The lowest BCUT2D eigenvalue weighted by molar-refractivity contribution is 0.0540. The Morgan fingerprint density at radius 2 is 2.67 bits per heavy atom. The molecule has 2 rings (SSSR count). The second-order valence-electron chi connectivity index (χ2n) is 4.12. The third-order valence-corrected chi connectivity index (χ3v) is 3.80. The van der Waals surface area contributed by atoms with Crippen LogP contribution in [-0.2, 0) is 4.74 Å². The van der Waals surface area contributed by atoms with Crippen LogP contribution in [-0.4, -0.2) is 24.7 Å². The highest BCUT2D eigenvalue weighted by molar-refractivity contribution is 7.09. The van der Waals surface area contributed by atoms with Crippen molar-refractivity contribution in [3.63, 3.8) is 0 Å². The van der Waals surface area contributed by atoms with E-state index in [1.54, 1.807) is 11.3 Å². The zero-order chi connectivity index (χ0) is 10.5. The van der Waals surface area contributed by atoms with Gasteiger partial charge in [-0.2, -0.15) is 0 Å². The lowest BCUT2D eigenvalue weighted by atomic mass is 10.0. The molecular weight excluding hydrogens is 208 g/mol. The van der Waals surface area contributed by atoms with Crippen LogP contribution < -0.4 is 5.32 Å². The Kier molecular flexibility index (Phi) is 4.11. The van der Waals surface area contributed by atoms with Gasteiger partial charge in [-0.15, -0.1) is 11.3 Å². The Morgan fingerprint density at radius 1 is 1.73 bits per heavy atom. The number of rotatable bonds is 4. The third kappa shape index (κ3) is 3.26. The second kappa shape index (κ2) is 5.58. The highest BCUT2D eigenvalue weighted by Crippen LogP contribution is 2.18. The molecule has 0 bridgehead atoms. The first-order valence-corrected chi connectivity index (χ1v) is 6.43. The lowest BCUT2D eigenvalue weighted by Crippen LogP contribution is -2.30. The summed E-state index contributed by atoms with van der Waals surface area (Å²) in [6.07, 6.45) is 4.45. The number of aromatic nitrogens is 1. The minimum Gasteiger partial charge on any atom is -0.381 e. The number of nitrogens with zero attached hydrogens (tertiary/aromatic N) is 1. The number of hydrogen-bond acceptors (Lipinski definition) is 4. The summed E-state index contributed by atoms with van der Waals surface area (Å²) in [6, 6.07) is 0.416. The van der Waals surface area contributed by atoms with Crippen molar-refractivity contribution in [3.8, 4) is 0 Å². The predicted octanol–water partition coefficient (Wildman–Crippen LogP) is 2.22. The van der Waals surface area contributed by atoms with E-state index in [1.165, 1.54) is 17.7 Å². The molecule has 15 heavy (non-hydrogen) atoms. The molecule has 0 aliphatic carbocycles. The van der Waals surface area contributed by atoms with Gasteiger partial charge in [0.25, 0.3) is 0 Å². The summed E-state index contributed by atoms with van der Waals surface area (Å²) in [5.74, 6) is 0.689. The highest BCUT2D eigenvalue weighted by Gasteiger charge is 2.15. The maximum absolute atomic E-state index is 5.46. The number of ether oxygens (including phenoxy) is 1. The fraction of sp³-hybridized carbons (Fsp3) is 0.727. The molecule has 2 atom stereocenters. The predicted molar refractivity (Wildman–Crippen MR) is 62.1 cm³/mol. The Balaban J connectivity index is 1.73. The SMILES string of the molecule is CC(NCC1CCCOC1)c1cncs1. The van der Waals surface area contributed by atoms with Crippen molar-refractivity contribution >= 4 is 11.3 Å².